The number of halogens is 1. The van der Waals surface area contributed by atoms with E-state index in [1.807, 2.05) is 20.8 Å². The van der Waals surface area contributed by atoms with Crippen molar-refractivity contribution in [3.05, 3.63) is 22.2 Å². The number of rotatable bonds is 1. The first-order valence-corrected chi connectivity index (χ1v) is 10.6. The van der Waals surface area contributed by atoms with E-state index in [1.165, 1.54) is 0 Å². The quantitative estimate of drug-likeness (QED) is 0.637. The average Bonchev–Trinajstić information content (AvgIpc) is 2.98. The van der Waals surface area contributed by atoms with Crippen molar-refractivity contribution in [2.45, 2.75) is 51.6 Å². The van der Waals surface area contributed by atoms with E-state index in [0.29, 0.717) is 31.4 Å². The van der Waals surface area contributed by atoms with Crippen molar-refractivity contribution in [3.63, 3.8) is 0 Å². The zero-order chi connectivity index (χ0) is 19.9. The lowest BCUT2D eigenvalue weighted by Crippen LogP contribution is -2.41. The molecule has 2 aromatic rings. The van der Waals surface area contributed by atoms with Crippen LogP contribution >= 0.6 is 22.9 Å². The van der Waals surface area contributed by atoms with Crippen LogP contribution in [0.5, 0.6) is 5.75 Å². The Hall–Kier alpha value is -1.93. The average molecular weight is 423 g/mol. The largest absolute Gasteiger partial charge is 0.489 e. The summed E-state index contributed by atoms with van der Waals surface area (Å²) in [6.07, 6.45) is 3.87. The molecule has 0 unspecified atom stereocenters. The Bertz CT molecular complexity index is 888. The summed E-state index contributed by atoms with van der Waals surface area (Å²) in [5.41, 5.74) is 1.25. The summed E-state index contributed by atoms with van der Waals surface area (Å²) in [7, 11) is 0. The third-order valence-electron chi connectivity index (χ3n) is 4.75. The maximum Gasteiger partial charge on any atom is 0.410 e. The van der Waals surface area contributed by atoms with E-state index < -0.39 is 5.60 Å². The number of piperidine rings is 1. The Morgan fingerprint density at radius 3 is 2.79 bits per heavy atom. The van der Waals surface area contributed by atoms with Crippen molar-refractivity contribution in [2.24, 2.45) is 0 Å². The second-order valence-corrected chi connectivity index (χ2v) is 9.39. The lowest BCUT2D eigenvalue weighted by atomic mass is 9.98. The summed E-state index contributed by atoms with van der Waals surface area (Å²) < 4.78 is 11.2. The molecule has 0 N–H and O–H groups in total. The van der Waals surface area contributed by atoms with Crippen LogP contribution in [0.2, 0.25) is 5.28 Å². The molecule has 0 aliphatic carbocycles. The Morgan fingerprint density at radius 2 is 2.07 bits per heavy atom. The van der Waals surface area contributed by atoms with Crippen LogP contribution in [0.3, 0.4) is 0 Å². The molecule has 7 nitrogen and oxygen atoms in total. The molecule has 28 heavy (non-hydrogen) atoms. The molecule has 0 radical (unpaired) electrons. The summed E-state index contributed by atoms with van der Waals surface area (Å²) in [5.74, 6) is 0.982. The Morgan fingerprint density at radius 1 is 1.32 bits per heavy atom. The minimum atomic E-state index is -0.473. The predicted molar refractivity (Wildman–Crippen MR) is 107 cm³/mol. The van der Waals surface area contributed by atoms with Gasteiger partial charge in [0.1, 0.15) is 11.3 Å². The van der Waals surface area contributed by atoms with Gasteiger partial charge in [0.15, 0.2) is 5.75 Å². The van der Waals surface area contributed by atoms with Gasteiger partial charge in [-0.15, -0.1) is 11.3 Å². The lowest BCUT2D eigenvalue weighted by Gasteiger charge is -2.32. The third-order valence-corrected chi connectivity index (χ3v) is 6.20. The molecule has 0 spiro atoms. The summed E-state index contributed by atoms with van der Waals surface area (Å²) in [5, 5.41) is 1.30. The molecule has 1 fully saturated rings. The molecule has 4 heterocycles. The van der Waals surface area contributed by atoms with Crippen LogP contribution in [0, 0.1) is 0 Å². The van der Waals surface area contributed by atoms with Gasteiger partial charge in [-0.2, -0.15) is 0 Å². The zero-order valence-electron chi connectivity index (χ0n) is 16.2. The first-order valence-electron chi connectivity index (χ1n) is 9.43. The highest BCUT2D eigenvalue weighted by Crippen LogP contribution is 2.41. The van der Waals surface area contributed by atoms with Gasteiger partial charge in [-0.1, -0.05) is 0 Å². The Kier molecular flexibility index (Phi) is 5.18. The van der Waals surface area contributed by atoms with Crippen LogP contribution in [-0.4, -0.2) is 51.2 Å². The first-order chi connectivity index (χ1) is 13.3. The van der Waals surface area contributed by atoms with Gasteiger partial charge in [0.05, 0.1) is 28.4 Å². The van der Waals surface area contributed by atoms with E-state index in [9.17, 15) is 4.79 Å². The topological polar surface area (TPSA) is 77.4 Å². The second-order valence-electron chi connectivity index (χ2n) is 8.02. The predicted octanol–water partition coefficient (Wildman–Crippen LogP) is 4.30. The Balaban J connectivity index is 1.50. The molecule has 0 atom stereocenters. The van der Waals surface area contributed by atoms with Crippen molar-refractivity contribution in [2.75, 3.05) is 19.7 Å². The standard InChI is InChI=1S/C19H23ClN4O3S/c1-19(2,3)27-18(25)24-7-4-11(5-8-24)16-22-12-6-9-26-13-10-21-17(20)23-14(13)15(12)28-16/h10-11H,4-9H2,1-3H3. The number of hydrogen-bond donors (Lipinski definition) is 0. The normalized spacial score (nSPS) is 17.4. The summed E-state index contributed by atoms with van der Waals surface area (Å²) in [6, 6.07) is 0. The molecule has 4 rings (SSSR count). The van der Waals surface area contributed by atoms with E-state index in [-0.39, 0.29) is 11.4 Å². The van der Waals surface area contributed by atoms with Crippen LogP contribution in [0.1, 0.15) is 50.2 Å². The van der Waals surface area contributed by atoms with Crippen LogP contribution in [0.4, 0.5) is 4.79 Å². The number of carbonyl (C=O) groups excluding carboxylic acids is 1. The molecular formula is C19H23ClN4O3S. The second kappa shape index (κ2) is 7.48. The highest BCUT2D eigenvalue weighted by Gasteiger charge is 2.30. The lowest BCUT2D eigenvalue weighted by molar-refractivity contribution is 0.0204. The summed E-state index contributed by atoms with van der Waals surface area (Å²) in [4.78, 5) is 28.4. The molecule has 2 aliphatic rings. The van der Waals surface area contributed by atoms with Crippen molar-refractivity contribution in [3.8, 4) is 16.3 Å². The molecule has 1 amide bonds. The van der Waals surface area contributed by atoms with E-state index >= 15 is 0 Å². The number of aromatic nitrogens is 3. The maximum absolute atomic E-state index is 12.3. The van der Waals surface area contributed by atoms with Gasteiger partial charge in [-0.05, 0) is 45.2 Å². The molecule has 2 aromatic heterocycles. The number of carbonyl (C=O) groups is 1. The molecule has 0 aromatic carbocycles. The van der Waals surface area contributed by atoms with E-state index in [4.69, 9.17) is 26.1 Å². The number of nitrogens with zero attached hydrogens (tertiary/aromatic N) is 4. The number of amides is 1. The molecule has 2 aliphatic heterocycles. The smallest absolute Gasteiger partial charge is 0.410 e. The molecule has 150 valence electrons. The van der Waals surface area contributed by atoms with Crippen LogP contribution < -0.4 is 4.74 Å². The summed E-state index contributed by atoms with van der Waals surface area (Å²) >= 11 is 7.65. The SMILES string of the molecule is CC(C)(C)OC(=O)N1CCC(c2nc3c(s2)-c2nc(Cl)ncc2OCC3)CC1. The fraction of sp³-hybridized carbons (Fsp3) is 0.579. The third kappa shape index (κ3) is 4.07. The van der Waals surface area contributed by atoms with Gasteiger partial charge in [-0.25, -0.2) is 19.7 Å². The van der Waals surface area contributed by atoms with Crippen LogP contribution in [-0.2, 0) is 11.2 Å². The van der Waals surface area contributed by atoms with Gasteiger partial charge in [0.2, 0.25) is 5.28 Å². The minimum Gasteiger partial charge on any atom is -0.489 e. The minimum absolute atomic E-state index is 0.204. The highest BCUT2D eigenvalue weighted by molar-refractivity contribution is 7.15. The van der Waals surface area contributed by atoms with Crippen molar-refractivity contribution >= 4 is 29.0 Å². The van der Waals surface area contributed by atoms with Gasteiger partial charge >= 0.3 is 6.09 Å². The number of likely N-dealkylation sites (tertiary alicyclic amines) is 1. The molecule has 0 saturated carbocycles. The number of thiazole rings is 1. The van der Waals surface area contributed by atoms with Gasteiger partial charge < -0.3 is 14.4 Å². The van der Waals surface area contributed by atoms with Crippen molar-refractivity contribution in [1.82, 2.24) is 19.9 Å². The Labute approximate surface area is 173 Å². The fourth-order valence-electron chi connectivity index (χ4n) is 3.41. The van der Waals surface area contributed by atoms with Gasteiger partial charge in [0.25, 0.3) is 0 Å². The monoisotopic (exact) mass is 422 g/mol. The molecule has 0 bridgehead atoms. The highest BCUT2D eigenvalue weighted by atomic mass is 35.5. The van der Waals surface area contributed by atoms with E-state index in [2.05, 4.69) is 9.97 Å². The molecule has 9 heteroatoms. The van der Waals surface area contributed by atoms with Crippen molar-refractivity contribution in [1.29, 1.82) is 0 Å². The first kappa shape index (κ1) is 19.4. The maximum atomic E-state index is 12.3. The molecular weight excluding hydrogens is 400 g/mol. The van der Waals surface area contributed by atoms with Gasteiger partial charge in [0, 0.05) is 25.4 Å². The molecule has 1 saturated heterocycles. The fourth-order valence-corrected chi connectivity index (χ4v) is 4.82. The van der Waals surface area contributed by atoms with E-state index in [1.54, 1.807) is 22.4 Å². The number of ether oxygens (including phenoxy) is 2. The number of hydrogen-bond acceptors (Lipinski definition) is 7. The van der Waals surface area contributed by atoms with Crippen molar-refractivity contribution < 1.29 is 14.3 Å². The van der Waals surface area contributed by atoms with Crippen LogP contribution in [0.25, 0.3) is 10.6 Å². The number of fused-ring (bicyclic) bond motifs is 3. The van der Waals surface area contributed by atoms with Crippen LogP contribution in [0.15, 0.2) is 6.20 Å². The van der Waals surface area contributed by atoms with Gasteiger partial charge in [-0.3, -0.25) is 0 Å². The van der Waals surface area contributed by atoms with E-state index in [0.717, 1.165) is 40.5 Å². The summed E-state index contributed by atoms with van der Waals surface area (Å²) in [6.45, 7) is 7.56. The zero-order valence-corrected chi connectivity index (χ0v) is 17.8.